The largest absolute Gasteiger partial charge is 0.326 e. The van der Waals surface area contributed by atoms with Gasteiger partial charge in [-0.2, -0.15) is 0 Å². The van der Waals surface area contributed by atoms with Gasteiger partial charge in [-0.3, -0.25) is 0 Å². The second-order valence-electron chi connectivity index (χ2n) is 3.84. The molecule has 2 heteroatoms. The van der Waals surface area contributed by atoms with E-state index in [2.05, 4.69) is 43.5 Å². The number of hydrogen-bond acceptors (Lipinski definition) is 2. The zero-order valence-corrected chi connectivity index (χ0v) is 9.90. The van der Waals surface area contributed by atoms with Gasteiger partial charge >= 0.3 is 0 Å². The molecular formula is C13H15NS. The fourth-order valence-electron chi connectivity index (χ4n) is 1.63. The van der Waals surface area contributed by atoms with Crippen LogP contribution < -0.4 is 5.73 Å². The predicted octanol–water partition coefficient (Wildman–Crippen LogP) is 3.49. The van der Waals surface area contributed by atoms with E-state index < -0.39 is 0 Å². The molecule has 0 radical (unpaired) electrons. The van der Waals surface area contributed by atoms with Crippen molar-refractivity contribution in [3.8, 4) is 10.4 Å². The van der Waals surface area contributed by atoms with Crippen LogP contribution in [0.5, 0.6) is 0 Å². The molecule has 0 unspecified atom stereocenters. The van der Waals surface area contributed by atoms with E-state index in [1.807, 2.05) is 0 Å². The third-order valence-electron chi connectivity index (χ3n) is 2.55. The topological polar surface area (TPSA) is 26.0 Å². The first kappa shape index (κ1) is 10.4. The number of rotatable bonds is 2. The third-order valence-corrected chi connectivity index (χ3v) is 3.56. The minimum atomic E-state index is 0.626. The SMILES string of the molecule is Cc1ccc(C)c(-c2cc(CN)cs2)c1. The lowest BCUT2D eigenvalue weighted by molar-refractivity contribution is 1.08. The van der Waals surface area contributed by atoms with Crippen LogP contribution in [-0.2, 0) is 6.54 Å². The number of nitrogens with two attached hydrogens (primary N) is 1. The lowest BCUT2D eigenvalue weighted by atomic mass is 10.0. The Labute approximate surface area is 94.6 Å². The van der Waals surface area contributed by atoms with Crippen LogP contribution in [-0.4, -0.2) is 0 Å². The molecule has 1 aromatic heterocycles. The summed E-state index contributed by atoms with van der Waals surface area (Å²) in [6, 6.07) is 8.75. The first-order valence-electron chi connectivity index (χ1n) is 5.06. The van der Waals surface area contributed by atoms with E-state index in [4.69, 9.17) is 5.73 Å². The second kappa shape index (κ2) is 4.17. The fourth-order valence-corrected chi connectivity index (χ4v) is 2.63. The first-order chi connectivity index (χ1) is 7.20. The minimum Gasteiger partial charge on any atom is -0.326 e. The third kappa shape index (κ3) is 2.11. The monoisotopic (exact) mass is 217 g/mol. The highest BCUT2D eigenvalue weighted by molar-refractivity contribution is 7.13. The molecule has 1 nitrogen and oxygen atoms in total. The smallest absolute Gasteiger partial charge is 0.0348 e. The van der Waals surface area contributed by atoms with Gasteiger partial charge in [0.25, 0.3) is 0 Å². The predicted molar refractivity (Wildman–Crippen MR) is 67.1 cm³/mol. The molecule has 0 fully saturated rings. The summed E-state index contributed by atoms with van der Waals surface area (Å²) in [5, 5.41) is 2.14. The average Bonchev–Trinajstić information content (AvgIpc) is 2.70. The normalized spacial score (nSPS) is 10.6. The van der Waals surface area contributed by atoms with E-state index >= 15 is 0 Å². The van der Waals surface area contributed by atoms with Gasteiger partial charge in [0.15, 0.2) is 0 Å². The summed E-state index contributed by atoms with van der Waals surface area (Å²) in [7, 11) is 0. The maximum atomic E-state index is 5.62. The van der Waals surface area contributed by atoms with E-state index in [0.29, 0.717) is 6.54 Å². The van der Waals surface area contributed by atoms with E-state index in [-0.39, 0.29) is 0 Å². The molecule has 2 N–H and O–H groups in total. The maximum absolute atomic E-state index is 5.62. The molecule has 0 aliphatic rings. The van der Waals surface area contributed by atoms with Crippen molar-refractivity contribution in [2.24, 2.45) is 5.73 Å². The van der Waals surface area contributed by atoms with Crippen molar-refractivity contribution in [3.63, 3.8) is 0 Å². The van der Waals surface area contributed by atoms with Crippen molar-refractivity contribution in [1.29, 1.82) is 0 Å². The first-order valence-corrected chi connectivity index (χ1v) is 5.94. The Balaban J connectivity index is 2.48. The molecule has 0 aliphatic carbocycles. The van der Waals surface area contributed by atoms with Crippen molar-refractivity contribution in [1.82, 2.24) is 0 Å². The number of hydrogen-bond donors (Lipinski definition) is 1. The Morgan fingerprint density at radius 1 is 1.20 bits per heavy atom. The zero-order chi connectivity index (χ0) is 10.8. The van der Waals surface area contributed by atoms with E-state index in [0.717, 1.165) is 0 Å². The van der Waals surface area contributed by atoms with Gasteiger partial charge in [-0.25, -0.2) is 0 Å². The maximum Gasteiger partial charge on any atom is 0.0348 e. The highest BCUT2D eigenvalue weighted by atomic mass is 32.1. The highest BCUT2D eigenvalue weighted by Gasteiger charge is 2.04. The van der Waals surface area contributed by atoms with Crippen LogP contribution in [0.3, 0.4) is 0 Å². The van der Waals surface area contributed by atoms with Gasteiger partial charge in [0.05, 0.1) is 0 Å². The van der Waals surface area contributed by atoms with Gasteiger partial charge in [0.1, 0.15) is 0 Å². The molecule has 0 amide bonds. The summed E-state index contributed by atoms with van der Waals surface area (Å²) >= 11 is 1.77. The zero-order valence-electron chi connectivity index (χ0n) is 9.08. The Morgan fingerprint density at radius 2 is 2.00 bits per heavy atom. The summed E-state index contributed by atoms with van der Waals surface area (Å²) < 4.78 is 0. The lowest BCUT2D eigenvalue weighted by Crippen LogP contribution is -1.92. The minimum absolute atomic E-state index is 0.626. The Hall–Kier alpha value is -1.12. The summed E-state index contributed by atoms with van der Waals surface area (Å²) in [5.41, 5.74) is 10.8. The lowest BCUT2D eigenvalue weighted by Gasteiger charge is -2.04. The molecule has 15 heavy (non-hydrogen) atoms. The van der Waals surface area contributed by atoms with Crippen LogP contribution in [0.2, 0.25) is 0 Å². The van der Waals surface area contributed by atoms with Gasteiger partial charge in [-0.1, -0.05) is 23.8 Å². The van der Waals surface area contributed by atoms with E-state index in [1.165, 1.54) is 27.1 Å². The molecule has 1 aromatic carbocycles. The van der Waals surface area contributed by atoms with Crippen molar-refractivity contribution in [2.45, 2.75) is 20.4 Å². The molecule has 2 aromatic rings. The van der Waals surface area contributed by atoms with Crippen molar-refractivity contribution in [2.75, 3.05) is 0 Å². The quantitative estimate of drug-likeness (QED) is 0.818. The van der Waals surface area contributed by atoms with Gasteiger partial charge < -0.3 is 5.73 Å². The summed E-state index contributed by atoms with van der Waals surface area (Å²) in [6.07, 6.45) is 0. The molecule has 0 spiro atoms. The van der Waals surface area contributed by atoms with Crippen LogP contribution in [0, 0.1) is 13.8 Å². The van der Waals surface area contributed by atoms with Crippen LogP contribution in [0.25, 0.3) is 10.4 Å². The van der Waals surface area contributed by atoms with Crippen LogP contribution in [0.1, 0.15) is 16.7 Å². The van der Waals surface area contributed by atoms with Gasteiger partial charge in [-0.05, 0) is 42.0 Å². The van der Waals surface area contributed by atoms with Crippen LogP contribution >= 0.6 is 11.3 Å². The second-order valence-corrected chi connectivity index (χ2v) is 4.75. The molecular weight excluding hydrogens is 202 g/mol. The number of aryl methyl sites for hydroxylation is 2. The molecule has 0 saturated carbocycles. The Morgan fingerprint density at radius 3 is 2.67 bits per heavy atom. The Bertz CT molecular complexity index is 471. The van der Waals surface area contributed by atoms with E-state index in [1.54, 1.807) is 11.3 Å². The van der Waals surface area contributed by atoms with E-state index in [9.17, 15) is 0 Å². The molecule has 2 rings (SSSR count). The standard InChI is InChI=1S/C13H15NS/c1-9-3-4-10(2)12(5-9)13-6-11(7-14)8-15-13/h3-6,8H,7,14H2,1-2H3. The summed E-state index contributed by atoms with van der Waals surface area (Å²) in [5.74, 6) is 0. The molecule has 1 heterocycles. The van der Waals surface area contributed by atoms with Gasteiger partial charge in [0.2, 0.25) is 0 Å². The average molecular weight is 217 g/mol. The van der Waals surface area contributed by atoms with Crippen molar-refractivity contribution >= 4 is 11.3 Å². The Kier molecular flexibility index (Phi) is 2.89. The van der Waals surface area contributed by atoms with Gasteiger partial charge in [0, 0.05) is 11.4 Å². The summed E-state index contributed by atoms with van der Waals surface area (Å²) in [4.78, 5) is 1.32. The fraction of sp³-hybridized carbons (Fsp3) is 0.231. The molecule has 0 atom stereocenters. The molecule has 0 saturated heterocycles. The van der Waals surface area contributed by atoms with Crippen molar-refractivity contribution < 1.29 is 0 Å². The van der Waals surface area contributed by atoms with Gasteiger partial charge in [-0.15, -0.1) is 11.3 Å². The molecule has 0 aliphatic heterocycles. The molecule has 0 bridgehead atoms. The number of thiophene rings is 1. The number of benzene rings is 1. The van der Waals surface area contributed by atoms with Crippen LogP contribution in [0.4, 0.5) is 0 Å². The summed E-state index contributed by atoms with van der Waals surface area (Å²) in [6.45, 7) is 4.90. The highest BCUT2D eigenvalue weighted by Crippen LogP contribution is 2.30. The van der Waals surface area contributed by atoms with Crippen molar-refractivity contribution in [3.05, 3.63) is 46.3 Å². The molecule has 78 valence electrons. The van der Waals surface area contributed by atoms with Crippen LogP contribution in [0.15, 0.2) is 29.6 Å².